The van der Waals surface area contributed by atoms with Gasteiger partial charge in [-0.3, -0.25) is 0 Å². The average Bonchev–Trinajstić information content (AvgIpc) is 2.47. The Morgan fingerprint density at radius 3 is 2.57 bits per heavy atom. The minimum absolute atomic E-state index is 0.299. The molecular weight excluding hydrogens is 264 g/mol. The summed E-state index contributed by atoms with van der Waals surface area (Å²) < 4.78 is 5.33. The molecule has 0 aromatic rings. The maximum Gasteiger partial charge on any atom is 0.330 e. The normalized spacial score (nSPS) is 14.7. The molecular formula is C18H28O3. The summed E-state index contributed by atoms with van der Waals surface area (Å²) in [7, 11) is 0. The third-order valence-corrected chi connectivity index (χ3v) is 3.08. The second-order valence-electron chi connectivity index (χ2n) is 4.92. The molecule has 3 nitrogen and oxygen atoms in total. The summed E-state index contributed by atoms with van der Waals surface area (Å²) in [5.41, 5.74) is 1.01. The number of carbonyl (C=O) groups excluding carboxylic acids is 1. The van der Waals surface area contributed by atoms with E-state index in [4.69, 9.17) is 4.74 Å². The van der Waals surface area contributed by atoms with Gasteiger partial charge in [-0.2, -0.15) is 0 Å². The molecule has 0 rings (SSSR count). The van der Waals surface area contributed by atoms with Gasteiger partial charge in [0.25, 0.3) is 0 Å². The van der Waals surface area contributed by atoms with E-state index in [1.807, 2.05) is 32.1 Å². The molecule has 118 valence electrons. The molecule has 0 radical (unpaired) electrons. The Morgan fingerprint density at radius 1 is 1.29 bits per heavy atom. The predicted molar refractivity (Wildman–Crippen MR) is 87.9 cm³/mol. The van der Waals surface area contributed by atoms with Gasteiger partial charge in [-0.25, -0.2) is 4.79 Å². The number of hydrogen-bond donors (Lipinski definition) is 1. The molecule has 21 heavy (non-hydrogen) atoms. The second kappa shape index (κ2) is 12.2. The Bertz CT molecular complexity index is 380. The summed E-state index contributed by atoms with van der Waals surface area (Å²) in [6, 6.07) is 0. The van der Waals surface area contributed by atoms with Gasteiger partial charge in [0.05, 0.1) is 6.10 Å². The first-order valence-electron chi connectivity index (χ1n) is 7.50. The molecule has 0 aliphatic heterocycles. The van der Waals surface area contributed by atoms with Gasteiger partial charge in [-0.05, 0) is 44.6 Å². The highest BCUT2D eigenvalue weighted by Gasteiger charge is 2.15. The lowest BCUT2D eigenvalue weighted by atomic mass is 10.0. The highest BCUT2D eigenvalue weighted by atomic mass is 16.5. The van der Waals surface area contributed by atoms with Crippen molar-refractivity contribution < 1.29 is 14.6 Å². The Kier molecular flexibility index (Phi) is 11.2. The fourth-order valence-corrected chi connectivity index (χ4v) is 1.91. The van der Waals surface area contributed by atoms with E-state index in [0.29, 0.717) is 12.8 Å². The zero-order chi connectivity index (χ0) is 16.1. The molecule has 0 spiro atoms. The summed E-state index contributed by atoms with van der Waals surface area (Å²) in [6.07, 6.45) is 11.8. The van der Waals surface area contributed by atoms with E-state index in [-0.39, 0.29) is 6.10 Å². The van der Waals surface area contributed by atoms with Gasteiger partial charge < -0.3 is 9.84 Å². The predicted octanol–water partition coefficient (Wildman–Crippen LogP) is 4.10. The monoisotopic (exact) mass is 292 g/mol. The molecule has 3 heteroatoms. The van der Waals surface area contributed by atoms with E-state index in [1.165, 1.54) is 0 Å². The van der Waals surface area contributed by atoms with Gasteiger partial charge in [0.2, 0.25) is 0 Å². The van der Waals surface area contributed by atoms with Crippen LogP contribution in [0.15, 0.2) is 49.1 Å². The highest BCUT2D eigenvalue weighted by Crippen LogP contribution is 2.16. The molecule has 0 aliphatic rings. The van der Waals surface area contributed by atoms with Crippen molar-refractivity contribution >= 4 is 5.97 Å². The number of ether oxygens (including phenoxy) is 1. The summed E-state index contributed by atoms with van der Waals surface area (Å²) in [4.78, 5) is 11.4. The zero-order valence-corrected chi connectivity index (χ0v) is 13.3. The Labute approximate surface area is 128 Å². The first kappa shape index (κ1) is 19.4. The molecule has 0 amide bonds. The molecule has 1 N–H and O–H groups in total. The molecule has 0 bridgehead atoms. The largest absolute Gasteiger partial charge is 0.455 e. The fraction of sp³-hybridized carbons (Fsp3) is 0.500. The summed E-state index contributed by atoms with van der Waals surface area (Å²) in [5.74, 6) is -0.431. The van der Waals surface area contributed by atoms with Crippen LogP contribution in [0.2, 0.25) is 0 Å². The maximum atomic E-state index is 11.4. The number of rotatable bonds is 11. The first-order valence-corrected chi connectivity index (χ1v) is 7.50. The van der Waals surface area contributed by atoms with Crippen molar-refractivity contribution in [1.29, 1.82) is 0 Å². The van der Waals surface area contributed by atoms with Crippen LogP contribution in [0.1, 0.15) is 46.0 Å². The van der Waals surface area contributed by atoms with Crippen LogP contribution in [-0.2, 0) is 9.53 Å². The number of hydrogen-bond acceptors (Lipinski definition) is 3. The lowest BCUT2D eigenvalue weighted by molar-refractivity contribution is -0.141. The number of allylic oxidation sites excluding steroid dienone is 3. The van der Waals surface area contributed by atoms with E-state index in [0.717, 1.165) is 30.9 Å². The van der Waals surface area contributed by atoms with Crippen molar-refractivity contribution in [3.63, 3.8) is 0 Å². The lowest BCUT2D eigenvalue weighted by Crippen LogP contribution is -2.20. The van der Waals surface area contributed by atoms with Crippen molar-refractivity contribution in [3.8, 4) is 0 Å². The smallest absolute Gasteiger partial charge is 0.330 e. The van der Waals surface area contributed by atoms with E-state index in [9.17, 15) is 9.90 Å². The van der Waals surface area contributed by atoms with Crippen molar-refractivity contribution in [1.82, 2.24) is 0 Å². The standard InChI is InChI=1S/C18H28O3/c1-5-8-9-10-12-16(19)13-14-17(15(4)11-6-2)21-18(20)7-3/h5,7,10-12,16-17,19H,1,3,6,8-9,13-14H2,2,4H3/b12-10+,15-11+. The van der Waals surface area contributed by atoms with Gasteiger partial charge in [0.15, 0.2) is 0 Å². The SMILES string of the molecule is C=CCC/C=C/C(O)CCC(OC(=O)C=C)/C(C)=C/CC. The molecule has 0 heterocycles. The van der Waals surface area contributed by atoms with Crippen LogP contribution in [0.3, 0.4) is 0 Å². The zero-order valence-electron chi connectivity index (χ0n) is 13.3. The van der Waals surface area contributed by atoms with Crippen LogP contribution in [0.5, 0.6) is 0 Å². The number of unbranched alkanes of at least 4 members (excludes halogenated alkanes) is 1. The highest BCUT2D eigenvalue weighted by molar-refractivity contribution is 5.81. The molecule has 0 fully saturated rings. The quantitative estimate of drug-likeness (QED) is 0.270. The first-order chi connectivity index (χ1) is 10.0. The van der Waals surface area contributed by atoms with Crippen LogP contribution in [0, 0.1) is 0 Å². The number of carbonyl (C=O) groups is 1. The van der Waals surface area contributed by atoms with E-state index in [2.05, 4.69) is 13.2 Å². The van der Waals surface area contributed by atoms with Gasteiger partial charge in [-0.1, -0.05) is 37.8 Å². The molecule has 2 atom stereocenters. The van der Waals surface area contributed by atoms with Crippen LogP contribution in [0.4, 0.5) is 0 Å². The molecule has 0 aliphatic carbocycles. The Morgan fingerprint density at radius 2 is 2.00 bits per heavy atom. The lowest BCUT2D eigenvalue weighted by Gasteiger charge is -2.19. The summed E-state index contributed by atoms with van der Waals surface area (Å²) in [5, 5.41) is 9.91. The molecule has 0 saturated heterocycles. The van der Waals surface area contributed by atoms with Gasteiger partial charge in [0.1, 0.15) is 6.10 Å². The van der Waals surface area contributed by atoms with Crippen molar-refractivity contribution in [2.24, 2.45) is 0 Å². The molecule has 0 aromatic carbocycles. The van der Waals surface area contributed by atoms with Gasteiger partial charge in [-0.15, -0.1) is 6.58 Å². The molecule has 2 unspecified atom stereocenters. The fourth-order valence-electron chi connectivity index (χ4n) is 1.91. The number of aliphatic hydroxyl groups is 1. The second-order valence-corrected chi connectivity index (χ2v) is 4.92. The third-order valence-electron chi connectivity index (χ3n) is 3.08. The Hall–Kier alpha value is -1.61. The van der Waals surface area contributed by atoms with Crippen molar-refractivity contribution in [2.45, 2.75) is 58.2 Å². The van der Waals surface area contributed by atoms with E-state index in [1.54, 1.807) is 6.08 Å². The summed E-state index contributed by atoms with van der Waals surface area (Å²) >= 11 is 0. The number of esters is 1. The van der Waals surface area contributed by atoms with E-state index >= 15 is 0 Å². The van der Waals surface area contributed by atoms with Crippen LogP contribution in [-0.4, -0.2) is 23.3 Å². The molecule has 0 aromatic heterocycles. The van der Waals surface area contributed by atoms with Gasteiger partial charge in [0, 0.05) is 6.08 Å². The average molecular weight is 292 g/mol. The topological polar surface area (TPSA) is 46.5 Å². The minimum Gasteiger partial charge on any atom is -0.455 e. The van der Waals surface area contributed by atoms with Gasteiger partial charge >= 0.3 is 5.97 Å². The minimum atomic E-state index is -0.519. The van der Waals surface area contributed by atoms with Crippen LogP contribution < -0.4 is 0 Å². The summed E-state index contributed by atoms with van der Waals surface area (Å²) in [6.45, 7) is 11.0. The van der Waals surface area contributed by atoms with E-state index < -0.39 is 12.1 Å². The number of aliphatic hydroxyl groups excluding tert-OH is 1. The third kappa shape index (κ3) is 9.85. The Balaban J connectivity index is 4.43. The molecule has 0 saturated carbocycles. The van der Waals surface area contributed by atoms with Crippen molar-refractivity contribution in [2.75, 3.05) is 0 Å². The maximum absolute atomic E-state index is 11.4. The van der Waals surface area contributed by atoms with Crippen LogP contribution >= 0.6 is 0 Å². The van der Waals surface area contributed by atoms with Crippen molar-refractivity contribution in [3.05, 3.63) is 49.1 Å². The van der Waals surface area contributed by atoms with Crippen LogP contribution in [0.25, 0.3) is 0 Å².